The van der Waals surface area contributed by atoms with Gasteiger partial charge in [0.05, 0.1) is 0 Å². The summed E-state index contributed by atoms with van der Waals surface area (Å²) in [7, 11) is 0. The number of nitrogen functional groups attached to an aromatic ring is 1. The number of nitrogens with zero attached hydrogens (tertiary/aromatic N) is 1. The number of carbonyl (C=O) groups is 2. The molecule has 3 N–H and O–H groups in total. The SMILES string of the molecule is CSc1cccc(NC(=O)C(=O)N(c2ccccc2)c2ccc(N)cc2)c1. The maximum Gasteiger partial charge on any atom is 0.321 e. The van der Waals surface area contributed by atoms with Crippen molar-refractivity contribution in [1.29, 1.82) is 0 Å². The fourth-order valence-electron chi connectivity index (χ4n) is 2.57. The summed E-state index contributed by atoms with van der Waals surface area (Å²) < 4.78 is 0. The van der Waals surface area contributed by atoms with Crippen LogP contribution in [0.25, 0.3) is 0 Å². The second-order valence-electron chi connectivity index (χ2n) is 5.75. The highest BCUT2D eigenvalue weighted by Gasteiger charge is 2.25. The zero-order valence-electron chi connectivity index (χ0n) is 14.8. The Morgan fingerprint density at radius 1 is 0.889 bits per heavy atom. The summed E-state index contributed by atoms with van der Waals surface area (Å²) in [6.07, 6.45) is 1.95. The molecule has 136 valence electrons. The molecule has 6 heteroatoms. The molecular weight excluding hydrogens is 358 g/mol. The number of hydrogen-bond acceptors (Lipinski definition) is 4. The predicted octanol–water partition coefficient (Wildman–Crippen LogP) is 4.29. The number of para-hydroxylation sites is 1. The van der Waals surface area contributed by atoms with Gasteiger partial charge in [-0.25, -0.2) is 0 Å². The molecule has 0 fully saturated rings. The second kappa shape index (κ2) is 8.42. The first-order chi connectivity index (χ1) is 13.1. The highest BCUT2D eigenvalue weighted by atomic mass is 32.2. The molecule has 0 saturated heterocycles. The van der Waals surface area contributed by atoms with E-state index in [4.69, 9.17) is 5.73 Å². The van der Waals surface area contributed by atoms with Crippen molar-refractivity contribution in [2.24, 2.45) is 0 Å². The number of rotatable bonds is 4. The van der Waals surface area contributed by atoms with Gasteiger partial charge in [-0.05, 0) is 60.9 Å². The number of benzene rings is 3. The Kier molecular flexibility index (Phi) is 5.78. The van der Waals surface area contributed by atoms with E-state index >= 15 is 0 Å². The molecule has 0 heterocycles. The van der Waals surface area contributed by atoms with Gasteiger partial charge < -0.3 is 11.1 Å². The molecule has 5 nitrogen and oxygen atoms in total. The molecule has 2 amide bonds. The molecule has 3 rings (SSSR count). The van der Waals surface area contributed by atoms with Gasteiger partial charge in [-0.15, -0.1) is 11.8 Å². The number of amides is 2. The topological polar surface area (TPSA) is 75.4 Å². The normalized spacial score (nSPS) is 10.3. The molecule has 0 aliphatic rings. The quantitative estimate of drug-likeness (QED) is 0.404. The van der Waals surface area contributed by atoms with Crippen molar-refractivity contribution in [1.82, 2.24) is 0 Å². The Morgan fingerprint density at radius 3 is 2.22 bits per heavy atom. The lowest BCUT2D eigenvalue weighted by atomic mass is 10.2. The number of hydrogen-bond donors (Lipinski definition) is 2. The van der Waals surface area contributed by atoms with Crippen LogP contribution in [0.3, 0.4) is 0 Å². The van der Waals surface area contributed by atoms with E-state index in [1.165, 1.54) is 4.90 Å². The second-order valence-corrected chi connectivity index (χ2v) is 6.63. The third-order valence-electron chi connectivity index (χ3n) is 3.89. The van der Waals surface area contributed by atoms with Crippen molar-refractivity contribution >= 4 is 46.3 Å². The Balaban J connectivity index is 1.90. The van der Waals surface area contributed by atoms with Gasteiger partial charge in [0, 0.05) is 27.6 Å². The minimum atomic E-state index is -0.714. The minimum absolute atomic E-state index is 0.563. The van der Waals surface area contributed by atoms with Gasteiger partial charge in [-0.3, -0.25) is 14.5 Å². The fourth-order valence-corrected chi connectivity index (χ4v) is 3.03. The Labute approximate surface area is 162 Å². The van der Waals surface area contributed by atoms with Crippen molar-refractivity contribution in [3.63, 3.8) is 0 Å². The molecule has 0 spiro atoms. The average Bonchev–Trinajstić information content (AvgIpc) is 2.70. The van der Waals surface area contributed by atoms with Gasteiger partial charge in [0.1, 0.15) is 0 Å². The van der Waals surface area contributed by atoms with Crippen molar-refractivity contribution in [3.05, 3.63) is 78.9 Å². The lowest BCUT2D eigenvalue weighted by Gasteiger charge is -2.22. The molecule has 0 aliphatic heterocycles. The van der Waals surface area contributed by atoms with Crippen molar-refractivity contribution in [2.75, 3.05) is 22.2 Å². The molecule has 27 heavy (non-hydrogen) atoms. The Bertz CT molecular complexity index is 943. The van der Waals surface area contributed by atoms with E-state index in [2.05, 4.69) is 5.32 Å². The van der Waals surface area contributed by atoms with Crippen molar-refractivity contribution in [2.45, 2.75) is 4.90 Å². The third kappa shape index (κ3) is 4.48. The first-order valence-electron chi connectivity index (χ1n) is 8.28. The van der Waals surface area contributed by atoms with Crippen LogP contribution < -0.4 is 16.0 Å². The number of thioether (sulfide) groups is 1. The smallest absolute Gasteiger partial charge is 0.321 e. The largest absolute Gasteiger partial charge is 0.399 e. The molecular formula is C21H19N3O2S. The standard InChI is InChI=1S/C21H19N3O2S/c1-27-19-9-5-6-16(14-19)23-20(25)21(26)24(17-7-3-2-4-8-17)18-12-10-15(22)11-13-18/h2-14H,22H2,1H3,(H,23,25). The summed E-state index contributed by atoms with van der Waals surface area (Å²) >= 11 is 1.56. The summed E-state index contributed by atoms with van der Waals surface area (Å²) in [5.74, 6) is -1.39. The molecule has 0 atom stereocenters. The summed E-state index contributed by atoms with van der Waals surface area (Å²) in [6, 6.07) is 23.2. The number of nitrogens with two attached hydrogens (primary N) is 1. The lowest BCUT2D eigenvalue weighted by Crippen LogP contribution is -2.36. The molecule has 0 radical (unpaired) electrons. The zero-order valence-corrected chi connectivity index (χ0v) is 15.6. The van der Waals surface area contributed by atoms with E-state index in [0.717, 1.165) is 4.90 Å². The monoisotopic (exact) mass is 377 g/mol. The summed E-state index contributed by atoms with van der Waals surface area (Å²) in [5, 5.41) is 2.68. The van der Waals surface area contributed by atoms with Crippen LogP contribution in [0, 0.1) is 0 Å². The lowest BCUT2D eigenvalue weighted by molar-refractivity contribution is -0.134. The zero-order chi connectivity index (χ0) is 19.2. The first kappa shape index (κ1) is 18.5. The van der Waals surface area contributed by atoms with Gasteiger partial charge in [-0.2, -0.15) is 0 Å². The molecule has 3 aromatic carbocycles. The van der Waals surface area contributed by atoms with Crippen LogP contribution in [-0.4, -0.2) is 18.1 Å². The van der Waals surface area contributed by atoms with E-state index in [1.54, 1.807) is 54.2 Å². The van der Waals surface area contributed by atoms with E-state index < -0.39 is 11.8 Å². The minimum Gasteiger partial charge on any atom is -0.399 e. The third-order valence-corrected chi connectivity index (χ3v) is 4.62. The highest BCUT2D eigenvalue weighted by molar-refractivity contribution is 7.98. The predicted molar refractivity (Wildman–Crippen MR) is 111 cm³/mol. The number of nitrogens with one attached hydrogen (secondary N) is 1. The average molecular weight is 377 g/mol. The van der Waals surface area contributed by atoms with Gasteiger partial charge in [-0.1, -0.05) is 24.3 Å². The molecule has 0 aromatic heterocycles. The molecule has 0 aliphatic carbocycles. The molecule has 0 saturated carbocycles. The van der Waals surface area contributed by atoms with Crippen molar-refractivity contribution in [3.8, 4) is 0 Å². The van der Waals surface area contributed by atoms with Crippen LogP contribution in [0.4, 0.5) is 22.7 Å². The van der Waals surface area contributed by atoms with Gasteiger partial charge in [0.25, 0.3) is 0 Å². The maximum atomic E-state index is 13.0. The summed E-state index contributed by atoms with van der Waals surface area (Å²) in [6.45, 7) is 0. The van der Waals surface area contributed by atoms with E-state index in [9.17, 15) is 9.59 Å². The van der Waals surface area contributed by atoms with Crippen LogP contribution in [0.5, 0.6) is 0 Å². The van der Waals surface area contributed by atoms with Gasteiger partial charge >= 0.3 is 11.8 Å². The summed E-state index contributed by atoms with van der Waals surface area (Å²) in [5.41, 5.74) is 8.06. The maximum absolute atomic E-state index is 13.0. The Hall–Kier alpha value is -3.25. The van der Waals surface area contributed by atoms with E-state index in [1.807, 2.05) is 42.7 Å². The van der Waals surface area contributed by atoms with Gasteiger partial charge in [0.2, 0.25) is 0 Å². The van der Waals surface area contributed by atoms with Crippen LogP contribution >= 0.6 is 11.8 Å². The van der Waals surface area contributed by atoms with E-state index in [-0.39, 0.29) is 0 Å². The van der Waals surface area contributed by atoms with Crippen molar-refractivity contribution < 1.29 is 9.59 Å². The number of carbonyl (C=O) groups excluding carboxylic acids is 2. The number of anilines is 4. The fraction of sp³-hybridized carbons (Fsp3) is 0.0476. The van der Waals surface area contributed by atoms with Gasteiger partial charge in [0.15, 0.2) is 0 Å². The van der Waals surface area contributed by atoms with Crippen LogP contribution in [0.15, 0.2) is 83.8 Å². The van der Waals surface area contributed by atoms with Crippen LogP contribution in [0.2, 0.25) is 0 Å². The van der Waals surface area contributed by atoms with Crippen LogP contribution in [0.1, 0.15) is 0 Å². The van der Waals surface area contributed by atoms with Crippen LogP contribution in [-0.2, 0) is 9.59 Å². The van der Waals surface area contributed by atoms with E-state index in [0.29, 0.717) is 22.7 Å². The highest BCUT2D eigenvalue weighted by Crippen LogP contribution is 2.27. The summed E-state index contributed by atoms with van der Waals surface area (Å²) in [4.78, 5) is 28.0. The molecule has 3 aromatic rings. The molecule has 0 bridgehead atoms. The Morgan fingerprint density at radius 2 is 1.56 bits per heavy atom. The molecule has 0 unspecified atom stereocenters. The first-order valence-corrected chi connectivity index (χ1v) is 9.51.